The number of hydrogen-bond acceptors (Lipinski definition) is 5. The zero-order valence-corrected chi connectivity index (χ0v) is 14.9. The second-order valence-electron chi connectivity index (χ2n) is 5.86. The highest BCUT2D eigenvalue weighted by atomic mass is 16.5. The summed E-state index contributed by atoms with van der Waals surface area (Å²) in [4.78, 5) is 24.1. The van der Waals surface area contributed by atoms with Gasteiger partial charge in [0.25, 0.3) is 0 Å². The van der Waals surface area contributed by atoms with E-state index in [1.54, 1.807) is 19.1 Å². The summed E-state index contributed by atoms with van der Waals surface area (Å²) >= 11 is 0. The SMILES string of the molecule is CCOC(=O)/C(=N\N=C1/NNC(=O)CC1c1ccccc1)c1ccccc1. The molecule has 1 saturated heterocycles. The van der Waals surface area contributed by atoms with E-state index in [2.05, 4.69) is 21.1 Å². The number of hydrogen-bond donors (Lipinski definition) is 2. The van der Waals surface area contributed by atoms with Crippen molar-refractivity contribution in [2.24, 2.45) is 10.2 Å². The van der Waals surface area contributed by atoms with Gasteiger partial charge in [0.2, 0.25) is 5.91 Å². The van der Waals surface area contributed by atoms with Crippen LogP contribution in [0.4, 0.5) is 0 Å². The minimum Gasteiger partial charge on any atom is -0.461 e. The Bertz CT molecular complexity index is 863. The smallest absolute Gasteiger partial charge is 0.359 e. The summed E-state index contributed by atoms with van der Waals surface area (Å²) in [6.45, 7) is 1.97. The van der Waals surface area contributed by atoms with Crippen molar-refractivity contribution < 1.29 is 14.3 Å². The van der Waals surface area contributed by atoms with Crippen molar-refractivity contribution in [2.45, 2.75) is 19.3 Å². The van der Waals surface area contributed by atoms with Crippen LogP contribution in [-0.4, -0.2) is 30.0 Å². The zero-order valence-electron chi connectivity index (χ0n) is 14.9. The van der Waals surface area contributed by atoms with Crippen LogP contribution in [0.1, 0.15) is 30.4 Å². The first-order valence-electron chi connectivity index (χ1n) is 8.67. The third-order valence-corrected chi connectivity index (χ3v) is 4.03. The van der Waals surface area contributed by atoms with Crippen molar-refractivity contribution in [3.8, 4) is 0 Å². The number of benzene rings is 2. The number of rotatable bonds is 5. The predicted octanol–water partition coefficient (Wildman–Crippen LogP) is 2.16. The Morgan fingerprint density at radius 3 is 2.41 bits per heavy atom. The first-order chi connectivity index (χ1) is 13.2. The fourth-order valence-corrected chi connectivity index (χ4v) is 2.73. The second-order valence-corrected chi connectivity index (χ2v) is 5.86. The molecular weight excluding hydrogens is 344 g/mol. The van der Waals surface area contributed by atoms with Gasteiger partial charge in [-0.15, -0.1) is 10.2 Å². The second kappa shape index (κ2) is 8.75. The molecule has 0 radical (unpaired) electrons. The molecule has 1 aliphatic rings. The molecule has 27 heavy (non-hydrogen) atoms. The van der Waals surface area contributed by atoms with Crippen molar-refractivity contribution in [1.82, 2.24) is 10.9 Å². The van der Waals surface area contributed by atoms with Crippen LogP contribution >= 0.6 is 0 Å². The lowest BCUT2D eigenvalue weighted by atomic mass is 9.93. The molecule has 2 N–H and O–H groups in total. The highest BCUT2D eigenvalue weighted by Gasteiger charge is 2.27. The van der Waals surface area contributed by atoms with Gasteiger partial charge in [-0.05, 0) is 12.5 Å². The molecule has 1 aliphatic heterocycles. The highest BCUT2D eigenvalue weighted by molar-refractivity contribution is 6.43. The summed E-state index contributed by atoms with van der Waals surface area (Å²) in [5, 5.41) is 8.39. The summed E-state index contributed by atoms with van der Waals surface area (Å²) in [5.41, 5.74) is 6.98. The maximum Gasteiger partial charge on any atom is 0.359 e. The van der Waals surface area contributed by atoms with Crippen LogP contribution in [0.2, 0.25) is 0 Å². The molecule has 7 heteroatoms. The molecule has 138 valence electrons. The Morgan fingerprint density at radius 1 is 1.07 bits per heavy atom. The minimum absolute atomic E-state index is 0.107. The number of esters is 1. The summed E-state index contributed by atoms with van der Waals surface area (Å²) < 4.78 is 5.10. The zero-order chi connectivity index (χ0) is 19.1. The minimum atomic E-state index is -0.552. The van der Waals surface area contributed by atoms with Crippen molar-refractivity contribution in [3.63, 3.8) is 0 Å². The lowest BCUT2D eigenvalue weighted by Crippen LogP contribution is -2.50. The van der Waals surface area contributed by atoms with E-state index in [0.717, 1.165) is 5.56 Å². The van der Waals surface area contributed by atoms with Crippen LogP contribution in [0.5, 0.6) is 0 Å². The van der Waals surface area contributed by atoms with Crippen molar-refractivity contribution in [3.05, 3.63) is 71.8 Å². The van der Waals surface area contributed by atoms with Gasteiger partial charge in [-0.25, -0.2) is 4.79 Å². The predicted molar refractivity (Wildman–Crippen MR) is 102 cm³/mol. The third-order valence-electron chi connectivity index (χ3n) is 4.03. The van der Waals surface area contributed by atoms with Crippen molar-refractivity contribution in [2.75, 3.05) is 6.61 Å². The van der Waals surface area contributed by atoms with Crippen LogP contribution in [0, 0.1) is 0 Å². The average molecular weight is 364 g/mol. The average Bonchev–Trinajstić information content (AvgIpc) is 2.71. The third kappa shape index (κ3) is 4.58. The number of amidine groups is 1. The molecular formula is C20H20N4O3. The molecule has 7 nitrogen and oxygen atoms in total. The van der Waals surface area contributed by atoms with E-state index in [4.69, 9.17) is 4.74 Å². The van der Waals surface area contributed by atoms with E-state index in [-0.39, 0.29) is 30.6 Å². The van der Waals surface area contributed by atoms with Gasteiger partial charge in [-0.3, -0.25) is 15.6 Å². The lowest BCUT2D eigenvalue weighted by molar-refractivity contribution is -0.135. The normalized spacial score (nSPS) is 18.6. The van der Waals surface area contributed by atoms with E-state index >= 15 is 0 Å². The molecule has 0 bridgehead atoms. The molecule has 1 unspecified atom stereocenters. The largest absolute Gasteiger partial charge is 0.461 e. The number of carbonyl (C=O) groups is 2. The monoisotopic (exact) mass is 364 g/mol. The summed E-state index contributed by atoms with van der Waals surface area (Å²) in [6.07, 6.45) is 0.242. The van der Waals surface area contributed by atoms with E-state index in [1.807, 2.05) is 48.5 Å². The maximum absolute atomic E-state index is 12.3. The molecule has 1 fully saturated rings. The number of nitrogens with one attached hydrogen (secondary N) is 2. The van der Waals surface area contributed by atoms with Crippen molar-refractivity contribution in [1.29, 1.82) is 0 Å². The number of amides is 1. The molecule has 0 aromatic heterocycles. The van der Waals surface area contributed by atoms with Gasteiger partial charge in [0.1, 0.15) is 0 Å². The van der Waals surface area contributed by atoms with Gasteiger partial charge in [0, 0.05) is 12.0 Å². The maximum atomic E-state index is 12.3. The van der Waals surface area contributed by atoms with Gasteiger partial charge in [-0.1, -0.05) is 60.7 Å². The number of carbonyl (C=O) groups excluding carboxylic acids is 2. The molecule has 0 spiro atoms. The number of nitrogens with zero attached hydrogens (tertiary/aromatic N) is 2. The number of hydrazine groups is 1. The fraction of sp³-hybridized carbons (Fsp3) is 0.200. The van der Waals surface area contributed by atoms with E-state index in [9.17, 15) is 9.59 Å². The van der Waals surface area contributed by atoms with Gasteiger partial charge in [0.05, 0.1) is 12.5 Å². The quantitative estimate of drug-likeness (QED) is 0.483. The van der Waals surface area contributed by atoms with E-state index in [0.29, 0.717) is 11.4 Å². The molecule has 1 atom stereocenters. The van der Waals surface area contributed by atoms with Gasteiger partial charge in [0.15, 0.2) is 11.5 Å². The Morgan fingerprint density at radius 2 is 1.74 bits per heavy atom. The van der Waals surface area contributed by atoms with Gasteiger partial charge in [-0.2, -0.15) is 0 Å². The Hall–Kier alpha value is -3.48. The lowest BCUT2D eigenvalue weighted by Gasteiger charge is -2.25. The fourth-order valence-electron chi connectivity index (χ4n) is 2.73. The van der Waals surface area contributed by atoms with E-state index < -0.39 is 5.97 Å². The molecule has 2 aromatic rings. The Labute approximate surface area is 157 Å². The van der Waals surface area contributed by atoms with Crippen LogP contribution in [0.3, 0.4) is 0 Å². The van der Waals surface area contributed by atoms with E-state index in [1.165, 1.54) is 0 Å². The van der Waals surface area contributed by atoms with Crippen LogP contribution < -0.4 is 10.9 Å². The molecule has 0 saturated carbocycles. The first kappa shape index (κ1) is 18.3. The molecule has 3 rings (SSSR count). The Kier molecular flexibility index (Phi) is 5.94. The molecule has 1 heterocycles. The standard InChI is InChI=1S/C20H20N4O3/c1-2-27-20(26)18(15-11-7-4-8-12-15)22-24-19-16(13-17(25)21-23-19)14-9-5-3-6-10-14/h3-12,16H,2,13H2,1H3,(H,21,25)(H,23,24)/b22-18-. The Balaban J connectivity index is 1.97. The van der Waals surface area contributed by atoms with Crippen LogP contribution in [-0.2, 0) is 14.3 Å². The van der Waals surface area contributed by atoms with Crippen LogP contribution in [0.25, 0.3) is 0 Å². The highest BCUT2D eigenvalue weighted by Crippen LogP contribution is 2.22. The van der Waals surface area contributed by atoms with Crippen molar-refractivity contribution >= 4 is 23.4 Å². The van der Waals surface area contributed by atoms with Crippen LogP contribution in [0.15, 0.2) is 70.9 Å². The molecule has 1 amide bonds. The summed E-state index contributed by atoms with van der Waals surface area (Å²) in [5.74, 6) is -0.508. The summed E-state index contributed by atoms with van der Waals surface area (Å²) in [7, 11) is 0. The topological polar surface area (TPSA) is 92.2 Å². The summed E-state index contributed by atoms with van der Waals surface area (Å²) in [6, 6.07) is 18.5. The molecule has 2 aromatic carbocycles. The van der Waals surface area contributed by atoms with Gasteiger partial charge >= 0.3 is 5.97 Å². The molecule has 0 aliphatic carbocycles. The number of ether oxygens (including phenoxy) is 1. The first-order valence-corrected chi connectivity index (χ1v) is 8.67. The van der Waals surface area contributed by atoms with Gasteiger partial charge < -0.3 is 4.74 Å².